The van der Waals surface area contributed by atoms with Gasteiger partial charge in [0.05, 0.1) is 28.5 Å². The van der Waals surface area contributed by atoms with Gasteiger partial charge in [0, 0.05) is 29.1 Å². The number of nitrogen functional groups attached to an aromatic ring is 1. The van der Waals surface area contributed by atoms with E-state index in [0.29, 0.717) is 40.2 Å². The fourth-order valence-electron chi connectivity index (χ4n) is 3.85. The molecule has 0 saturated carbocycles. The summed E-state index contributed by atoms with van der Waals surface area (Å²) in [6.45, 7) is 8.10. The van der Waals surface area contributed by atoms with Crippen molar-refractivity contribution in [2.45, 2.75) is 51.4 Å². The lowest BCUT2D eigenvalue weighted by Gasteiger charge is -2.35. The lowest BCUT2D eigenvalue weighted by Crippen LogP contribution is -2.44. The predicted octanol–water partition coefficient (Wildman–Crippen LogP) is 1.60. The van der Waals surface area contributed by atoms with Gasteiger partial charge in [-0.05, 0) is 86.7 Å². The first-order chi connectivity index (χ1) is 16.3. The number of pyridine rings is 1. The first kappa shape index (κ1) is 28.9. The second kappa shape index (κ2) is 12.6. The molecule has 1 saturated heterocycles. The highest BCUT2D eigenvalue weighted by molar-refractivity contribution is 9.10. The van der Waals surface area contributed by atoms with E-state index in [9.17, 15) is 14.7 Å². The summed E-state index contributed by atoms with van der Waals surface area (Å²) in [5, 5.41) is 38.4. The maximum Gasteiger partial charge on any atom is 0.335 e. The summed E-state index contributed by atoms with van der Waals surface area (Å²) in [5.41, 5.74) is 7.17. The number of carbonyl (C=O) groups excluding carboxylic acids is 1. The van der Waals surface area contributed by atoms with E-state index in [1.807, 2.05) is 26.0 Å². The van der Waals surface area contributed by atoms with E-state index < -0.39 is 23.8 Å². The van der Waals surface area contributed by atoms with Crippen LogP contribution in [0.4, 0.5) is 5.69 Å². The number of amides is 1. The van der Waals surface area contributed by atoms with E-state index in [1.165, 1.54) is 6.92 Å². The van der Waals surface area contributed by atoms with Gasteiger partial charge in [0.2, 0.25) is 0 Å². The minimum atomic E-state index is -1.66. The van der Waals surface area contributed by atoms with Crippen molar-refractivity contribution in [3.8, 4) is 0 Å². The van der Waals surface area contributed by atoms with Crippen LogP contribution in [0.15, 0.2) is 28.9 Å². The van der Waals surface area contributed by atoms with Gasteiger partial charge in [0.25, 0.3) is 5.91 Å². The standard InChI is InChI=1S/C20H27BrN4O2.C4H8O4/c1-20(2,27)12-25-8-5-13(6-9-25)11-24-19(26)15-10-16(21)17(22)14-4-3-7-23-18(14)15;1-2(5)3(6)4(7)8/h3-4,7,10,13,27H,5-6,8-9,11-12,22H2,1-2H3,(H,24,26);2-3,5-6H,1H3,(H,7,8). The van der Waals surface area contributed by atoms with Crippen LogP contribution in [0.5, 0.6) is 0 Å². The Morgan fingerprint density at radius 3 is 2.46 bits per heavy atom. The number of benzene rings is 1. The van der Waals surface area contributed by atoms with Crippen LogP contribution in [0.3, 0.4) is 0 Å². The van der Waals surface area contributed by atoms with E-state index in [-0.39, 0.29) is 5.91 Å². The van der Waals surface area contributed by atoms with Crippen LogP contribution in [0, 0.1) is 5.92 Å². The lowest BCUT2D eigenvalue weighted by atomic mass is 9.95. The molecular formula is C24H35BrN4O6. The lowest BCUT2D eigenvalue weighted by molar-refractivity contribution is -0.151. The maximum atomic E-state index is 12.8. The summed E-state index contributed by atoms with van der Waals surface area (Å²) in [6.07, 6.45) is 0.842. The van der Waals surface area contributed by atoms with Gasteiger partial charge in [-0.2, -0.15) is 0 Å². The largest absolute Gasteiger partial charge is 0.479 e. The number of carboxylic acid groups (broad SMARTS) is 1. The Labute approximate surface area is 213 Å². The number of carbonyl (C=O) groups is 2. The van der Waals surface area contributed by atoms with Crippen LogP contribution >= 0.6 is 15.9 Å². The first-order valence-corrected chi connectivity index (χ1v) is 12.2. The molecule has 7 N–H and O–H groups in total. The second-order valence-corrected chi connectivity index (χ2v) is 10.3. The highest BCUT2D eigenvalue weighted by Gasteiger charge is 2.25. The van der Waals surface area contributed by atoms with Crippen molar-refractivity contribution in [2.75, 3.05) is 31.9 Å². The average molecular weight is 555 g/mol. The summed E-state index contributed by atoms with van der Waals surface area (Å²) < 4.78 is 0.702. The van der Waals surface area contributed by atoms with Crippen molar-refractivity contribution >= 4 is 44.4 Å². The van der Waals surface area contributed by atoms with Crippen molar-refractivity contribution in [1.29, 1.82) is 0 Å². The number of nitrogens with two attached hydrogens (primary N) is 1. The van der Waals surface area contributed by atoms with Gasteiger partial charge in [-0.3, -0.25) is 9.78 Å². The van der Waals surface area contributed by atoms with Gasteiger partial charge in [-0.25, -0.2) is 4.79 Å². The zero-order chi connectivity index (χ0) is 26.3. The van der Waals surface area contributed by atoms with Crippen molar-refractivity contribution in [3.05, 3.63) is 34.4 Å². The normalized spacial score (nSPS) is 16.8. The minimum Gasteiger partial charge on any atom is -0.479 e. The Morgan fingerprint density at radius 1 is 1.31 bits per heavy atom. The molecule has 1 aromatic carbocycles. The number of anilines is 1. The number of aliphatic carboxylic acids is 1. The van der Waals surface area contributed by atoms with Crippen LogP contribution in [0.1, 0.15) is 44.0 Å². The van der Waals surface area contributed by atoms with Gasteiger partial charge < -0.3 is 36.4 Å². The molecule has 0 spiro atoms. The highest BCUT2D eigenvalue weighted by atomic mass is 79.9. The number of likely N-dealkylation sites (tertiary alicyclic amines) is 1. The van der Waals surface area contributed by atoms with Crippen LogP contribution in [0.2, 0.25) is 0 Å². The fraction of sp³-hybridized carbons (Fsp3) is 0.542. The van der Waals surface area contributed by atoms with E-state index in [1.54, 1.807) is 12.3 Å². The van der Waals surface area contributed by atoms with Crippen LogP contribution < -0.4 is 11.1 Å². The monoisotopic (exact) mass is 554 g/mol. The predicted molar refractivity (Wildman–Crippen MR) is 137 cm³/mol. The number of aliphatic hydroxyl groups excluding tert-OH is 2. The number of fused-ring (bicyclic) bond motifs is 1. The van der Waals surface area contributed by atoms with Gasteiger partial charge >= 0.3 is 5.97 Å². The number of rotatable bonds is 7. The van der Waals surface area contributed by atoms with E-state index >= 15 is 0 Å². The molecule has 1 aromatic heterocycles. The first-order valence-electron chi connectivity index (χ1n) is 11.4. The van der Waals surface area contributed by atoms with Gasteiger partial charge in [0.1, 0.15) is 0 Å². The summed E-state index contributed by atoms with van der Waals surface area (Å²) in [6, 6.07) is 5.43. The Morgan fingerprint density at radius 2 is 1.94 bits per heavy atom. The third kappa shape index (κ3) is 8.69. The second-order valence-electron chi connectivity index (χ2n) is 9.48. The van der Waals surface area contributed by atoms with Gasteiger partial charge in [-0.1, -0.05) is 0 Å². The SMILES string of the molecule is CC(C)(O)CN1CCC(CNC(=O)c2cc(Br)c(N)c3cccnc23)CC1.CC(O)C(O)C(=O)O. The molecule has 10 nitrogen and oxygen atoms in total. The number of nitrogens with one attached hydrogen (secondary N) is 1. The van der Waals surface area contributed by atoms with E-state index in [2.05, 4.69) is 31.1 Å². The molecule has 0 radical (unpaired) electrons. The van der Waals surface area contributed by atoms with E-state index in [4.69, 9.17) is 21.1 Å². The number of piperidine rings is 1. The molecule has 2 unspecified atom stereocenters. The molecule has 0 aliphatic carbocycles. The number of aliphatic hydroxyl groups is 3. The quantitative estimate of drug-likeness (QED) is 0.278. The molecule has 1 aliphatic rings. The van der Waals surface area contributed by atoms with Crippen molar-refractivity contribution < 1.29 is 30.0 Å². The van der Waals surface area contributed by atoms with Crippen molar-refractivity contribution in [3.63, 3.8) is 0 Å². The highest BCUT2D eigenvalue weighted by Crippen LogP contribution is 2.30. The molecule has 194 valence electrons. The summed E-state index contributed by atoms with van der Waals surface area (Å²) in [7, 11) is 0. The maximum absolute atomic E-state index is 12.8. The Balaban J connectivity index is 0.000000466. The molecule has 3 rings (SSSR count). The summed E-state index contributed by atoms with van der Waals surface area (Å²) >= 11 is 3.43. The molecule has 2 atom stereocenters. The molecule has 35 heavy (non-hydrogen) atoms. The van der Waals surface area contributed by atoms with Gasteiger partial charge in [0.15, 0.2) is 6.10 Å². The Kier molecular flexibility index (Phi) is 10.4. The molecular weight excluding hydrogens is 520 g/mol. The number of carboxylic acids is 1. The van der Waals surface area contributed by atoms with Crippen LogP contribution in [0.25, 0.3) is 10.9 Å². The Hall–Kier alpha value is -2.31. The molecule has 11 heteroatoms. The number of halogens is 1. The van der Waals surface area contributed by atoms with Crippen LogP contribution in [-0.2, 0) is 4.79 Å². The molecule has 1 aliphatic heterocycles. The number of hydrogen-bond donors (Lipinski definition) is 6. The third-order valence-electron chi connectivity index (χ3n) is 5.70. The Bertz CT molecular complexity index is 1020. The molecule has 1 amide bonds. The molecule has 0 bridgehead atoms. The summed E-state index contributed by atoms with van der Waals surface area (Å²) in [4.78, 5) is 29.1. The van der Waals surface area contributed by atoms with Crippen molar-refractivity contribution in [2.24, 2.45) is 5.92 Å². The third-order valence-corrected chi connectivity index (χ3v) is 6.36. The van der Waals surface area contributed by atoms with Crippen molar-refractivity contribution in [1.82, 2.24) is 15.2 Å². The number of aromatic nitrogens is 1. The fourth-order valence-corrected chi connectivity index (χ4v) is 4.29. The average Bonchev–Trinajstić information content (AvgIpc) is 2.79. The zero-order valence-electron chi connectivity index (χ0n) is 20.2. The number of hydrogen-bond acceptors (Lipinski definition) is 8. The van der Waals surface area contributed by atoms with Crippen LogP contribution in [-0.4, -0.2) is 86.2 Å². The smallest absolute Gasteiger partial charge is 0.335 e. The topological polar surface area (TPSA) is 169 Å². The molecule has 1 fully saturated rings. The van der Waals surface area contributed by atoms with E-state index in [0.717, 1.165) is 31.3 Å². The molecule has 2 heterocycles. The zero-order valence-corrected chi connectivity index (χ0v) is 21.8. The number of β-amino-alcohol motifs (C(OH)–C–C–N with tert-alkyl or cyclic N) is 1. The summed E-state index contributed by atoms with van der Waals surface area (Å²) in [5.74, 6) is -1.08. The number of nitrogens with zero attached hydrogens (tertiary/aromatic N) is 2. The minimum absolute atomic E-state index is 0.127. The molecule has 2 aromatic rings. The van der Waals surface area contributed by atoms with Gasteiger partial charge in [-0.15, -0.1) is 0 Å².